The number of nitrogens with zero attached hydrogens (tertiary/aromatic N) is 1. The normalized spacial score (nSPS) is 14.3. The van der Waals surface area contributed by atoms with Gasteiger partial charge in [-0.25, -0.2) is 13.2 Å². The average Bonchev–Trinajstić information content (AvgIpc) is 2.23. The molecule has 1 aromatic rings. The van der Waals surface area contributed by atoms with E-state index in [4.69, 9.17) is 0 Å². The molecule has 1 aromatic carbocycles. The number of hydrogen-bond acceptors (Lipinski definition) is 1. The van der Waals surface area contributed by atoms with Gasteiger partial charge in [-0.3, -0.25) is 0 Å². The van der Waals surface area contributed by atoms with Crippen molar-refractivity contribution in [2.45, 2.75) is 0 Å². The fourth-order valence-electron chi connectivity index (χ4n) is 1.58. The quantitative estimate of drug-likeness (QED) is 0.717. The summed E-state index contributed by atoms with van der Waals surface area (Å²) in [5.41, 5.74) is 0.453. The Morgan fingerprint density at radius 1 is 1.17 bits per heavy atom. The van der Waals surface area contributed by atoms with E-state index in [0.29, 0.717) is 17.8 Å². The first-order valence-electron chi connectivity index (χ1n) is 4.88. The van der Waals surface area contributed by atoms with Crippen molar-refractivity contribution < 1.29 is 45.9 Å². The van der Waals surface area contributed by atoms with Gasteiger partial charge in [0.25, 0.3) is 0 Å². The summed E-state index contributed by atoms with van der Waals surface area (Å²) in [5, 5.41) is 0. The van der Waals surface area contributed by atoms with Crippen molar-refractivity contribution in [3.63, 3.8) is 0 Å². The smallest absolute Gasteiger partial charge is 0.126 e. The van der Waals surface area contributed by atoms with Crippen LogP contribution in [0.1, 0.15) is 5.56 Å². The Kier molecular flexibility index (Phi) is 4.94. The van der Waals surface area contributed by atoms with Crippen molar-refractivity contribution in [2.24, 2.45) is 0 Å². The number of likely N-dealkylation sites (N-methyl/N-ethyl adjacent to an activating group) is 1. The third-order valence-electron chi connectivity index (χ3n) is 2.51. The van der Waals surface area contributed by atoms with Crippen molar-refractivity contribution in [3.8, 4) is 0 Å². The minimum absolute atomic E-state index is 0. The molecular formula is C13H9F3NY-. The van der Waals surface area contributed by atoms with Crippen LogP contribution in [0.25, 0.3) is 5.70 Å². The fraction of sp³-hybridized carbons (Fsp3) is 0.0769. The molecule has 0 N–H and O–H groups in total. The zero-order valence-electron chi connectivity index (χ0n) is 9.67. The second kappa shape index (κ2) is 5.85. The van der Waals surface area contributed by atoms with Crippen LogP contribution < -0.4 is 0 Å². The van der Waals surface area contributed by atoms with Crippen molar-refractivity contribution in [2.75, 3.05) is 7.05 Å². The van der Waals surface area contributed by atoms with Crippen LogP contribution in [0, 0.1) is 23.5 Å². The predicted octanol–water partition coefficient (Wildman–Crippen LogP) is 3.26. The molecule has 1 aliphatic rings. The molecule has 0 atom stereocenters. The molecule has 0 aliphatic carbocycles. The van der Waals surface area contributed by atoms with Gasteiger partial charge in [0.1, 0.15) is 5.82 Å². The predicted molar refractivity (Wildman–Crippen MR) is 59.0 cm³/mol. The molecule has 1 radical (unpaired) electrons. The monoisotopic (exact) mass is 325 g/mol. The first kappa shape index (κ1) is 15.2. The molecule has 0 saturated carbocycles. The van der Waals surface area contributed by atoms with Gasteiger partial charge in [0.15, 0.2) is 0 Å². The Bertz CT molecular complexity index is 526. The van der Waals surface area contributed by atoms with E-state index in [1.165, 1.54) is 11.0 Å². The van der Waals surface area contributed by atoms with Gasteiger partial charge < -0.3 is 4.90 Å². The van der Waals surface area contributed by atoms with E-state index in [1.54, 1.807) is 13.1 Å². The standard InChI is InChI=1S/C13H9F3N.Y/c1-8-4-3-5-12(17(8)2)13-10(15)6-9(14)7-11(13)16;/h3-4,6-7H,1H2,2H3;/q-1;. The Morgan fingerprint density at radius 2 is 1.72 bits per heavy atom. The molecule has 91 valence electrons. The second-order valence-corrected chi connectivity index (χ2v) is 3.62. The van der Waals surface area contributed by atoms with Gasteiger partial charge >= 0.3 is 0 Å². The van der Waals surface area contributed by atoms with Crippen LogP contribution >= 0.6 is 0 Å². The second-order valence-electron chi connectivity index (χ2n) is 3.62. The van der Waals surface area contributed by atoms with Gasteiger partial charge in [-0.2, -0.15) is 12.2 Å². The summed E-state index contributed by atoms with van der Waals surface area (Å²) < 4.78 is 39.9. The molecule has 0 saturated heterocycles. The third kappa shape index (κ3) is 2.75. The van der Waals surface area contributed by atoms with Gasteiger partial charge in [-0.15, -0.1) is 6.08 Å². The topological polar surface area (TPSA) is 3.24 Å². The molecule has 2 rings (SSSR count). The number of allylic oxidation sites excluding steroid dienone is 3. The largest absolute Gasteiger partial charge is 0.378 e. The molecule has 0 fully saturated rings. The Morgan fingerprint density at radius 3 is 2.28 bits per heavy atom. The fourth-order valence-corrected chi connectivity index (χ4v) is 1.58. The van der Waals surface area contributed by atoms with Crippen LogP contribution in [0.5, 0.6) is 0 Å². The molecule has 18 heavy (non-hydrogen) atoms. The summed E-state index contributed by atoms with van der Waals surface area (Å²) in [4.78, 5) is 1.49. The van der Waals surface area contributed by atoms with Crippen molar-refractivity contribution in [1.82, 2.24) is 4.90 Å². The summed E-state index contributed by atoms with van der Waals surface area (Å²) in [6.45, 7) is 3.71. The van der Waals surface area contributed by atoms with Crippen LogP contribution in [0.15, 0.2) is 36.6 Å². The van der Waals surface area contributed by atoms with Gasteiger partial charge in [-0.05, 0) is 23.4 Å². The molecule has 1 nitrogen and oxygen atoms in total. The molecule has 0 unspecified atom stereocenters. The van der Waals surface area contributed by atoms with E-state index in [0.717, 1.165) is 0 Å². The number of halogens is 3. The van der Waals surface area contributed by atoms with E-state index in [-0.39, 0.29) is 44.0 Å². The maximum absolute atomic E-state index is 13.6. The van der Waals surface area contributed by atoms with Gasteiger partial charge in [0.05, 0.1) is 11.6 Å². The summed E-state index contributed by atoms with van der Waals surface area (Å²) >= 11 is 0. The zero-order chi connectivity index (χ0) is 12.6. The molecule has 0 amide bonds. The van der Waals surface area contributed by atoms with E-state index in [2.05, 4.69) is 12.7 Å². The van der Waals surface area contributed by atoms with Gasteiger partial charge in [0.2, 0.25) is 0 Å². The van der Waals surface area contributed by atoms with Gasteiger partial charge in [-0.1, -0.05) is 12.3 Å². The minimum atomic E-state index is -0.958. The number of rotatable bonds is 1. The van der Waals surface area contributed by atoms with Crippen LogP contribution in [-0.4, -0.2) is 11.9 Å². The number of hydrogen-bond donors (Lipinski definition) is 0. The first-order valence-corrected chi connectivity index (χ1v) is 4.88. The van der Waals surface area contributed by atoms with Crippen LogP contribution in [-0.2, 0) is 32.7 Å². The maximum Gasteiger partial charge on any atom is 0.126 e. The van der Waals surface area contributed by atoms with E-state index in [9.17, 15) is 13.2 Å². The van der Waals surface area contributed by atoms with Crippen LogP contribution in [0.4, 0.5) is 13.2 Å². The van der Waals surface area contributed by atoms with Crippen molar-refractivity contribution in [3.05, 3.63) is 65.7 Å². The summed E-state index contributed by atoms with van der Waals surface area (Å²) in [6.07, 6.45) is 5.88. The molecule has 5 heteroatoms. The Labute approximate surface area is 129 Å². The molecule has 1 aliphatic heterocycles. The maximum atomic E-state index is 13.6. The van der Waals surface area contributed by atoms with E-state index >= 15 is 0 Å². The molecule has 0 bridgehead atoms. The number of benzene rings is 1. The third-order valence-corrected chi connectivity index (χ3v) is 2.51. The van der Waals surface area contributed by atoms with E-state index in [1.807, 2.05) is 0 Å². The average molecular weight is 325 g/mol. The van der Waals surface area contributed by atoms with Crippen LogP contribution in [0.2, 0.25) is 0 Å². The molecule has 0 spiro atoms. The van der Waals surface area contributed by atoms with Crippen molar-refractivity contribution in [1.29, 1.82) is 0 Å². The van der Waals surface area contributed by atoms with Crippen molar-refractivity contribution >= 4 is 5.70 Å². The summed E-state index contributed by atoms with van der Waals surface area (Å²) in [6, 6.07) is 1.28. The van der Waals surface area contributed by atoms with Gasteiger partial charge in [0, 0.05) is 39.8 Å². The summed E-state index contributed by atoms with van der Waals surface area (Å²) in [5.74, 6) is -2.86. The molecular weight excluding hydrogens is 316 g/mol. The Balaban J connectivity index is 0.00000162. The minimum Gasteiger partial charge on any atom is -0.378 e. The summed E-state index contributed by atoms with van der Waals surface area (Å²) in [7, 11) is 1.61. The van der Waals surface area contributed by atoms with Crippen LogP contribution in [0.3, 0.4) is 0 Å². The first-order chi connectivity index (χ1) is 8.00. The molecule has 0 aromatic heterocycles. The zero-order valence-corrected chi connectivity index (χ0v) is 12.5. The van der Waals surface area contributed by atoms with E-state index < -0.39 is 17.5 Å². The molecule has 1 heterocycles. The SMILES string of the molecule is C=C1C=C[C-]=C(c2c(F)cc(F)cc2F)N1C.[Y]. The Hall–Kier alpha value is -0.866.